The number of benzene rings is 2. The second-order valence-electron chi connectivity index (χ2n) is 7.00. The molecule has 0 spiro atoms. The molecule has 1 aromatic heterocycles. The molecule has 0 atom stereocenters. The van der Waals surface area contributed by atoms with Crippen molar-refractivity contribution >= 4 is 16.8 Å². The Morgan fingerprint density at radius 3 is 2.62 bits per heavy atom. The molecule has 0 saturated carbocycles. The van der Waals surface area contributed by atoms with Gasteiger partial charge in [0.15, 0.2) is 0 Å². The van der Waals surface area contributed by atoms with Gasteiger partial charge < -0.3 is 4.90 Å². The van der Waals surface area contributed by atoms with E-state index in [1.807, 2.05) is 29.3 Å². The summed E-state index contributed by atoms with van der Waals surface area (Å²) in [5, 5.41) is 1.17. The van der Waals surface area contributed by atoms with Gasteiger partial charge >= 0.3 is 0 Å². The van der Waals surface area contributed by atoms with Crippen LogP contribution in [-0.2, 0) is 17.9 Å². The zero-order valence-electron chi connectivity index (χ0n) is 15.1. The van der Waals surface area contributed by atoms with E-state index in [2.05, 4.69) is 53.2 Å². The van der Waals surface area contributed by atoms with Gasteiger partial charge in [-0.15, -0.1) is 0 Å². The molecule has 0 radical (unpaired) electrons. The number of hydrogen-bond acceptors (Lipinski definition) is 3. The van der Waals surface area contributed by atoms with Crippen molar-refractivity contribution in [2.45, 2.75) is 20.0 Å². The molecular weight excluding hydrogens is 322 g/mol. The normalized spacial score (nSPS) is 15.6. The fourth-order valence-corrected chi connectivity index (χ4v) is 3.52. The number of piperazine rings is 1. The standard InChI is InChI=1S/C22H23N3O/c1-17-7-9-18(10-8-17)14-25-13-12-24(16-22(25)26)15-19-4-2-6-21-20(19)5-3-11-23-21/h2-11H,12-16H2,1H3. The van der Waals surface area contributed by atoms with E-state index < -0.39 is 0 Å². The van der Waals surface area contributed by atoms with Gasteiger partial charge in [-0.3, -0.25) is 14.7 Å². The second-order valence-corrected chi connectivity index (χ2v) is 7.00. The van der Waals surface area contributed by atoms with E-state index in [9.17, 15) is 4.79 Å². The molecule has 2 heterocycles. The zero-order chi connectivity index (χ0) is 17.9. The monoisotopic (exact) mass is 345 g/mol. The lowest BCUT2D eigenvalue weighted by Crippen LogP contribution is -2.49. The van der Waals surface area contributed by atoms with Crippen molar-refractivity contribution in [2.75, 3.05) is 19.6 Å². The Kier molecular flexibility index (Phi) is 4.67. The van der Waals surface area contributed by atoms with Crippen molar-refractivity contribution in [3.8, 4) is 0 Å². The first-order valence-electron chi connectivity index (χ1n) is 9.07. The molecule has 1 amide bonds. The zero-order valence-corrected chi connectivity index (χ0v) is 15.1. The predicted octanol–water partition coefficient (Wildman–Crippen LogP) is 3.39. The fourth-order valence-electron chi connectivity index (χ4n) is 3.52. The second kappa shape index (κ2) is 7.26. The number of aromatic nitrogens is 1. The van der Waals surface area contributed by atoms with Crippen LogP contribution in [0.3, 0.4) is 0 Å². The van der Waals surface area contributed by atoms with E-state index in [4.69, 9.17) is 0 Å². The summed E-state index contributed by atoms with van der Waals surface area (Å²) in [5.41, 5.74) is 4.68. The number of pyridine rings is 1. The first-order valence-corrected chi connectivity index (χ1v) is 9.07. The molecule has 0 aliphatic carbocycles. The Hall–Kier alpha value is -2.72. The van der Waals surface area contributed by atoms with Gasteiger partial charge in [0, 0.05) is 37.8 Å². The number of carbonyl (C=O) groups is 1. The summed E-state index contributed by atoms with van der Waals surface area (Å²) in [6, 6.07) is 18.7. The molecule has 3 aromatic rings. The van der Waals surface area contributed by atoms with E-state index in [-0.39, 0.29) is 5.91 Å². The largest absolute Gasteiger partial charge is 0.336 e. The van der Waals surface area contributed by atoms with Crippen LogP contribution in [0.4, 0.5) is 0 Å². The Bertz CT molecular complexity index is 915. The summed E-state index contributed by atoms with van der Waals surface area (Å²) >= 11 is 0. The first kappa shape index (κ1) is 16.7. The molecule has 132 valence electrons. The molecule has 1 aliphatic heterocycles. The SMILES string of the molecule is Cc1ccc(CN2CCN(Cc3cccc4ncccc34)CC2=O)cc1. The summed E-state index contributed by atoms with van der Waals surface area (Å²) in [5.74, 6) is 0.204. The number of aryl methyl sites for hydroxylation is 1. The summed E-state index contributed by atoms with van der Waals surface area (Å²) in [4.78, 5) is 21.2. The number of hydrogen-bond donors (Lipinski definition) is 0. The minimum Gasteiger partial charge on any atom is -0.336 e. The molecule has 4 heteroatoms. The minimum atomic E-state index is 0.204. The van der Waals surface area contributed by atoms with Gasteiger partial charge in [-0.25, -0.2) is 0 Å². The van der Waals surface area contributed by atoms with Crippen molar-refractivity contribution in [3.63, 3.8) is 0 Å². The lowest BCUT2D eigenvalue weighted by Gasteiger charge is -2.34. The molecule has 0 bridgehead atoms. The number of fused-ring (bicyclic) bond motifs is 1. The van der Waals surface area contributed by atoms with Crippen molar-refractivity contribution in [1.82, 2.24) is 14.8 Å². The third kappa shape index (κ3) is 3.60. The van der Waals surface area contributed by atoms with Crippen LogP contribution in [0.2, 0.25) is 0 Å². The first-order chi connectivity index (χ1) is 12.7. The highest BCUT2D eigenvalue weighted by molar-refractivity contribution is 5.82. The van der Waals surface area contributed by atoms with Gasteiger partial charge in [-0.05, 0) is 30.2 Å². The third-order valence-electron chi connectivity index (χ3n) is 5.02. The summed E-state index contributed by atoms with van der Waals surface area (Å²) < 4.78 is 0. The average molecular weight is 345 g/mol. The number of rotatable bonds is 4. The van der Waals surface area contributed by atoms with E-state index in [1.54, 1.807) is 0 Å². The molecule has 2 aromatic carbocycles. The highest BCUT2D eigenvalue weighted by Gasteiger charge is 2.24. The fraction of sp³-hybridized carbons (Fsp3) is 0.273. The summed E-state index contributed by atoms with van der Waals surface area (Å²) in [6.07, 6.45) is 1.82. The highest BCUT2D eigenvalue weighted by atomic mass is 16.2. The van der Waals surface area contributed by atoms with Gasteiger partial charge in [0.2, 0.25) is 5.91 Å². The van der Waals surface area contributed by atoms with Crippen LogP contribution >= 0.6 is 0 Å². The van der Waals surface area contributed by atoms with Gasteiger partial charge in [-0.2, -0.15) is 0 Å². The highest BCUT2D eigenvalue weighted by Crippen LogP contribution is 2.19. The van der Waals surface area contributed by atoms with Crippen molar-refractivity contribution < 1.29 is 4.79 Å². The molecule has 4 rings (SSSR count). The molecule has 4 nitrogen and oxygen atoms in total. The van der Waals surface area contributed by atoms with Crippen LogP contribution in [-0.4, -0.2) is 40.3 Å². The Morgan fingerprint density at radius 1 is 0.962 bits per heavy atom. The minimum absolute atomic E-state index is 0.204. The van der Waals surface area contributed by atoms with Crippen LogP contribution in [0.15, 0.2) is 60.8 Å². The van der Waals surface area contributed by atoms with Crippen molar-refractivity contribution in [1.29, 1.82) is 0 Å². The van der Waals surface area contributed by atoms with Crippen LogP contribution < -0.4 is 0 Å². The van der Waals surface area contributed by atoms with Crippen LogP contribution in [0, 0.1) is 6.92 Å². The summed E-state index contributed by atoms with van der Waals surface area (Å²) in [6.45, 7) is 5.71. The summed E-state index contributed by atoms with van der Waals surface area (Å²) in [7, 11) is 0. The van der Waals surface area contributed by atoms with E-state index >= 15 is 0 Å². The Balaban J connectivity index is 1.42. The molecule has 1 aliphatic rings. The van der Waals surface area contributed by atoms with Gasteiger partial charge in [0.25, 0.3) is 0 Å². The number of nitrogens with zero attached hydrogens (tertiary/aromatic N) is 3. The van der Waals surface area contributed by atoms with Gasteiger partial charge in [0.05, 0.1) is 12.1 Å². The van der Waals surface area contributed by atoms with E-state index in [0.29, 0.717) is 13.1 Å². The maximum Gasteiger partial charge on any atom is 0.237 e. The average Bonchev–Trinajstić information content (AvgIpc) is 2.66. The van der Waals surface area contributed by atoms with Crippen molar-refractivity contribution in [2.24, 2.45) is 0 Å². The van der Waals surface area contributed by atoms with Crippen molar-refractivity contribution in [3.05, 3.63) is 77.5 Å². The topological polar surface area (TPSA) is 36.4 Å². The maximum atomic E-state index is 12.6. The molecule has 0 unspecified atom stereocenters. The Morgan fingerprint density at radius 2 is 1.81 bits per heavy atom. The molecule has 0 N–H and O–H groups in total. The van der Waals surface area contributed by atoms with Crippen LogP contribution in [0.25, 0.3) is 10.9 Å². The van der Waals surface area contributed by atoms with E-state index in [1.165, 1.54) is 22.1 Å². The van der Waals surface area contributed by atoms with Crippen LogP contribution in [0.1, 0.15) is 16.7 Å². The molecular formula is C22H23N3O. The number of carbonyl (C=O) groups excluding carboxylic acids is 1. The lowest BCUT2D eigenvalue weighted by atomic mass is 10.1. The smallest absolute Gasteiger partial charge is 0.237 e. The van der Waals surface area contributed by atoms with Gasteiger partial charge in [-0.1, -0.05) is 48.0 Å². The van der Waals surface area contributed by atoms with Crippen LogP contribution in [0.5, 0.6) is 0 Å². The predicted molar refractivity (Wildman–Crippen MR) is 104 cm³/mol. The third-order valence-corrected chi connectivity index (χ3v) is 5.02. The molecule has 1 fully saturated rings. The van der Waals surface area contributed by atoms with E-state index in [0.717, 1.165) is 25.2 Å². The molecule has 1 saturated heterocycles. The Labute approximate surface area is 154 Å². The lowest BCUT2D eigenvalue weighted by molar-refractivity contribution is -0.136. The molecule has 26 heavy (non-hydrogen) atoms. The quantitative estimate of drug-likeness (QED) is 0.727. The van der Waals surface area contributed by atoms with Gasteiger partial charge in [0.1, 0.15) is 0 Å². The maximum absolute atomic E-state index is 12.6. The number of amides is 1.